The molecule has 0 fully saturated rings. The molecule has 0 aliphatic heterocycles. The van der Waals surface area contributed by atoms with Gasteiger partial charge in [0.1, 0.15) is 0 Å². The first kappa shape index (κ1) is 12.7. The molecular formula is C10H12O5S. The molecule has 0 bridgehead atoms. The molecule has 0 saturated heterocycles. The molecule has 1 rings (SSSR count). The van der Waals surface area contributed by atoms with Gasteiger partial charge in [0.25, 0.3) is 0 Å². The summed E-state index contributed by atoms with van der Waals surface area (Å²) >= 11 is 0. The molecule has 6 heteroatoms. The van der Waals surface area contributed by atoms with Gasteiger partial charge >= 0.3 is 5.97 Å². The number of rotatable bonds is 4. The van der Waals surface area contributed by atoms with Crippen molar-refractivity contribution in [2.75, 3.05) is 6.26 Å². The maximum atomic E-state index is 11.1. The molecule has 1 aromatic carbocycles. The van der Waals surface area contributed by atoms with Gasteiger partial charge in [-0.15, -0.1) is 0 Å². The average molecular weight is 244 g/mol. The van der Waals surface area contributed by atoms with Crippen LogP contribution in [-0.4, -0.2) is 37.0 Å². The zero-order valence-electron chi connectivity index (χ0n) is 8.62. The normalized spacial score (nSPS) is 13.4. The highest BCUT2D eigenvalue weighted by Crippen LogP contribution is 2.11. The van der Waals surface area contributed by atoms with Crippen LogP contribution >= 0.6 is 0 Å². The van der Waals surface area contributed by atoms with Crippen LogP contribution in [0.3, 0.4) is 0 Å². The number of hydrogen-bond donors (Lipinski definition) is 2. The van der Waals surface area contributed by atoms with Gasteiger partial charge in [-0.1, -0.05) is 12.1 Å². The first-order valence-corrected chi connectivity index (χ1v) is 6.39. The molecule has 0 radical (unpaired) electrons. The third-order valence-corrected chi connectivity index (χ3v) is 3.19. The van der Waals surface area contributed by atoms with Crippen molar-refractivity contribution in [1.29, 1.82) is 0 Å². The fraction of sp³-hybridized carbons (Fsp3) is 0.300. The van der Waals surface area contributed by atoms with E-state index in [0.717, 1.165) is 6.26 Å². The molecule has 1 atom stereocenters. The Labute approximate surface area is 93.3 Å². The molecule has 16 heavy (non-hydrogen) atoms. The Morgan fingerprint density at radius 3 is 2.19 bits per heavy atom. The van der Waals surface area contributed by atoms with Crippen LogP contribution in [0.1, 0.15) is 5.56 Å². The third-order valence-electron chi connectivity index (χ3n) is 2.07. The van der Waals surface area contributed by atoms with E-state index in [1.165, 1.54) is 24.3 Å². The summed E-state index contributed by atoms with van der Waals surface area (Å²) < 4.78 is 22.3. The molecule has 0 heterocycles. The van der Waals surface area contributed by atoms with Crippen LogP contribution in [0.25, 0.3) is 0 Å². The zero-order chi connectivity index (χ0) is 12.3. The van der Waals surface area contributed by atoms with E-state index in [1.54, 1.807) is 0 Å². The number of aliphatic hydroxyl groups is 1. The van der Waals surface area contributed by atoms with Gasteiger partial charge in [-0.25, -0.2) is 13.2 Å². The molecule has 0 aliphatic rings. The van der Waals surface area contributed by atoms with Gasteiger partial charge in [0.15, 0.2) is 15.9 Å². The van der Waals surface area contributed by atoms with Crippen molar-refractivity contribution in [2.24, 2.45) is 0 Å². The van der Waals surface area contributed by atoms with Gasteiger partial charge < -0.3 is 10.2 Å². The molecular weight excluding hydrogens is 232 g/mol. The van der Waals surface area contributed by atoms with Gasteiger partial charge in [-0.05, 0) is 17.7 Å². The van der Waals surface area contributed by atoms with E-state index in [-0.39, 0.29) is 11.3 Å². The van der Waals surface area contributed by atoms with Crippen LogP contribution in [0.2, 0.25) is 0 Å². The lowest BCUT2D eigenvalue weighted by atomic mass is 10.1. The molecule has 5 nitrogen and oxygen atoms in total. The summed E-state index contributed by atoms with van der Waals surface area (Å²) in [5, 5.41) is 17.6. The quantitative estimate of drug-likeness (QED) is 0.782. The van der Waals surface area contributed by atoms with Crippen molar-refractivity contribution < 1.29 is 23.4 Å². The average Bonchev–Trinajstić information content (AvgIpc) is 2.17. The monoisotopic (exact) mass is 244 g/mol. The standard InChI is InChI=1S/C10H12O5S/c1-16(14,15)8-4-2-7(3-5-8)6-9(11)10(12)13/h2-5,9,11H,6H2,1H3,(H,12,13). The summed E-state index contributed by atoms with van der Waals surface area (Å²) in [5.41, 5.74) is 0.572. The number of carboxylic acid groups (broad SMARTS) is 1. The van der Waals surface area contributed by atoms with E-state index in [1.807, 2.05) is 0 Å². The van der Waals surface area contributed by atoms with E-state index in [4.69, 9.17) is 10.2 Å². The van der Waals surface area contributed by atoms with E-state index < -0.39 is 21.9 Å². The molecule has 1 aromatic rings. The van der Waals surface area contributed by atoms with Crippen LogP contribution in [0.4, 0.5) is 0 Å². The summed E-state index contributed by atoms with van der Waals surface area (Å²) in [4.78, 5) is 10.6. The third kappa shape index (κ3) is 3.32. The second-order valence-corrected chi connectivity index (χ2v) is 5.49. The van der Waals surface area contributed by atoms with Crippen molar-refractivity contribution in [1.82, 2.24) is 0 Å². The minimum atomic E-state index is -3.24. The Kier molecular flexibility index (Phi) is 3.66. The first-order valence-electron chi connectivity index (χ1n) is 4.50. The van der Waals surface area contributed by atoms with Gasteiger partial charge in [0.2, 0.25) is 0 Å². The van der Waals surface area contributed by atoms with Crippen LogP contribution in [0.5, 0.6) is 0 Å². The number of sulfone groups is 1. The minimum Gasteiger partial charge on any atom is -0.479 e. The van der Waals surface area contributed by atoms with E-state index in [0.29, 0.717) is 5.56 Å². The highest BCUT2D eigenvalue weighted by Gasteiger charge is 2.14. The Hall–Kier alpha value is -1.40. The highest BCUT2D eigenvalue weighted by molar-refractivity contribution is 7.90. The summed E-state index contributed by atoms with van der Waals surface area (Å²) in [6.07, 6.45) is -0.419. The fourth-order valence-electron chi connectivity index (χ4n) is 1.18. The summed E-state index contributed by atoms with van der Waals surface area (Å²) in [7, 11) is -3.24. The number of aliphatic hydroxyl groups excluding tert-OH is 1. The van der Waals surface area contributed by atoms with Crippen LogP contribution in [0.15, 0.2) is 29.2 Å². The number of carboxylic acids is 1. The highest BCUT2D eigenvalue weighted by atomic mass is 32.2. The SMILES string of the molecule is CS(=O)(=O)c1ccc(CC(O)C(=O)O)cc1. The molecule has 0 spiro atoms. The number of benzene rings is 1. The Balaban J connectivity index is 2.84. The van der Waals surface area contributed by atoms with Crippen LogP contribution in [-0.2, 0) is 21.1 Å². The lowest BCUT2D eigenvalue weighted by molar-refractivity contribution is -0.146. The topological polar surface area (TPSA) is 91.7 Å². The van der Waals surface area contributed by atoms with Crippen molar-refractivity contribution in [3.05, 3.63) is 29.8 Å². The van der Waals surface area contributed by atoms with Gasteiger partial charge in [0, 0.05) is 12.7 Å². The predicted octanol–water partition coefficient (Wildman–Crippen LogP) is 0.0781. The maximum Gasteiger partial charge on any atom is 0.332 e. The molecule has 1 unspecified atom stereocenters. The summed E-state index contributed by atoms with van der Waals surface area (Å²) in [5.74, 6) is -1.30. The number of hydrogen-bond acceptors (Lipinski definition) is 4. The summed E-state index contributed by atoms with van der Waals surface area (Å²) in [6, 6.07) is 5.75. The van der Waals surface area contributed by atoms with E-state index >= 15 is 0 Å². The fourth-order valence-corrected chi connectivity index (χ4v) is 1.81. The Morgan fingerprint density at radius 1 is 1.31 bits per heavy atom. The van der Waals surface area contributed by atoms with Crippen LogP contribution < -0.4 is 0 Å². The molecule has 0 saturated carbocycles. The second kappa shape index (κ2) is 4.63. The molecule has 88 valence electrons. The van der Waals surface area contributed by atoms with Crippen molar-refractivity contribution in [3.8, 4) is 0 Å². The van der Waals surface area contributed by atoms with Crippen molar-refractivity contribution in [3.63, 3.8) is 0 Å². The largest absolute Gasteiger partial charge is 0.479 e. The Morgan fingerprint density at radius 2 is 1.81 bits per heavy atom. The minimum absolute atomic E-state index is 0.0423. The number of carbonyl (C=O) groups is 1. The first-order chi connectivity index (χ1) is 7.30. The smallest absolute Gasteiger partial charge is 0.332 e. The Bertz CT molecular complexity index is 474. The maximum absolute atomic E-state index is 11.1. The van der Waals surface area contributed by atoms with Crippen molar-refractivity contribution >= 4 is 15.8 Å². The lowest BCUT2D eigenvalue weighted by Gasteiger charge is -2.05. The zero-order valence-corrected chi connectivity index (χ0v) is 9.44. The van der Waals surface area contributed by atoms with E-state index in [2.05, 4.69) is 0 Å². The second-order valence-electron chi connectivity index (χ2n) is 3.47. The molecule has 0 aromatic heterocycles. The van der Waals surface area contributed by atoms with Gasteiger partial charge in [0.05, 0.1) is 4.90 Å². The summed E-state index contributed by atoms with van der Waals surface area (Å²) in [6.45, 7) is 0. The van der Waals surface area contributed by atoms with Crippen LogP contribution in [0, 0.1) is 0 Å². The molecule has 0 amide bonds. The lowest BCUT2D eigenvalue weighted by Crippen LogP contribution is -2.21. The number of aliphatic carboxylic acids is 1. The molecule has 2 N–H and O–H groups in total. The molecule has 0 aliphatic carbocycles. The van der Waals surface area contributed by atoms with Gasteiger partial charge in [-0.3, -0.25) is 0 Å². The predicted molar refractivity (Wildman–Crippen MR) is 56.9 cm³/mol. The van der Waals surface area contributed by atoms with Crippen molar-refractivity contribution in [2.45, 2.75) is 17.4 Å². The van der Waals surface area contributed by atoms with E-state index in [9.17, 15) is 13.2 Å². The van der Waals surface area contributed by atoms with Gasteiger partial charge in [-0.2, -0.15) is 0 Å².